The third kappa shape index (κ3) is 2.51. The number of hydrogen-bond donors (Lipinski definition) is 0. The van der Waals surface area contributed by atoms with Gasteiger partial charge in [0.2, 0.25) is 0 Å². The van der Waals surface area contributed by atoms with Gasteiger partial charge in [-0.1, -0.05) is 0 Å². The minimum absolute atomic E-state index is 0.668. The second-order valence-corrected chi connectivity index (χ2v) is 7.55. The Labute approximate surface area is 167 Å². The lowest BCUT2D eigenvalue weighted by Gasteiger charge is -2.10. The van der Waals surface area contributed by atoms with E-state index in [9.17, 15) is 0 Å². The predicted molar refractivity (Wildman–Crippen MR) is 111 cm³/mol. The van der Waals surface area contributed by atoms with Gasteiger partial charge in [-0.2, -0.15) is 10.5 Å². The normalized spacial score (nSPS) is 11.1. The van der Waals surface area contributed by atoms with Crippen molar-refractivity contribution in [1.29, 1.82) is 10.5 Å². The Kier molecular flexibility index (Phi) is 3.94. The van der Waals surface area contributed by atoms with Gasteiger partial charge in [0.15, 0.2) is 0 Å². The van der Waals surface area contributed by atoms with Gasteiger partial charge in [-0.25, -0.2) is 9.97 Å². The number of benzene rings is 2. The third-order valence-corrected chi connectivity index (χ3v) is 5.82. The Morgan fingerprint density at radius 2 is 1.14 bits per heavy atom. The van der Waals surface area contributed by atoms with Gasteiger partial charge in [0.25, 0.3) is 0 Å². The van der Waals surface area contributed by atoms with Crippen molar-refractivity contribution >= 4 is 67.4 Å². The topological polar surface area (TPSA) is 99.1 Å². The molecule has 0 aliphatic heterocycles. The number of aromatic nitrogens is 4. The minimum Gasteiger partial charge on any atom is -0.254 e. The molecule has 0 atom stereocenters. The number of thioether (sulfide) groups is 2. The van der Waals surface area contributed by atoms with Crippen LogP contribution in [0.1, 0.15) is 0 Å². The van der Waals surface area contributed by atoms with Crippen molar-refractivity contribution in [3.05, 3.63) is 48.8 Å². The van der Waals surface area contributed by atoms with Crippen LogP contribution < -0.4 is 0 Å². The molecule has 0 aliphatic rings. The summed E-state index contributed by atoms with van der Waals surface area (Å²) in [5.74, 6) is 0. The Morgan fingerprint density at radius 1 is 0.679 bits per heavy atom. The fourth-order valence-corrected chi connectivity index (χ4v) is 4.37. The average molecular weight is 396 g/mol. The first-order chi connectivity index (χ1) is 13.8. The lowest BCUT2D eigenvalue weighted by molar-refractivity contribution is 1.25. The molecule has 8 heteroatoms. The van der Waals surface area contributed by atoms with E-state index < -0.39 is 0 Å². The molecule has 0 N–H and O–H groups in total. The predicted octanol–water partition coefficient (Wildman–Crippen LogP) is 5.03. The zero-order valence-electron chi connectivity index (χ0n) is 14.1. The standard InChI is InChI=1S/C20H8N6S2/c21-9-27-15-7-13-14(8-16(15)28-10-22)26-20-12-4-2-6-24-18(12)17-11(19(20)25-13)3-1-5-23-17/h1-8H. The van der Waals surface area contributed by atoms with Gasteiger partial charge in [-0.15, -0.1) is 0 Å². The maximum absolute atomic E-state index is 9.09. The molecule has 2 aromatic carbocycles. The summed E-state index contributed by atoms with van der Waals surface area (Å²) in [6, 6.07) is 11.3. The van der Waals surface area contributed by atoms with E-state index in [1.54, 1.807) is 12.4 Å². The summed E-state index contributed by atoms with van der Waals surface area (Å²) in [6.45, 7) is 0. The molecule has 0 unspecified atom stereocenters. The van der Waals surface area contributed by atoms with Crippen molar-refractivity contribution in [2.45, 2.75) is 9.79 Å². The highest BCUT2D eigenvalue weighted by molar-refractivity contribution is 8.06. The zero-order chi connectivity index (χ0) is 19.1. The van der Waals surface area contributed by atoms with E-state index in [1.165, 1.54) is 0 Å². The molecule has 5 rings (SSSR count). The fraction of sp³-hybridized carbons (Fsp3) is 0. The van der Waals surface area contributed by atoms with Crippen LogP contribution in [0.5, 0.6) is 0 Å². The van der Waals surface area contributed by atoms with Gasteiger partial charge in [0, 0.05) is 33.0 Å². The van der Waals surface area contributed by atoms with Crippen molar-refractivity contribution in [2.75, 3.05) is 0 Å². The first-order valence-electron chi connectivity index (χ1n) is 8.19. The number of rotatable bonds is 2. The summed E-state index contributed by atoms with van der Waals surface area (Å²) in [5, 5.41) is 24.1. The van der Waals surface area contributed by atoms with Crippen molar-refractivity contribution < 1.29 is 0 Å². The highest BCUT2D eigenvalue weighted by Crippen LogP contribution is 2.36. The van der Waals surface area contributed by atoms with E-state index in [0.29, 0.717) is 20.8 Å². The van der Waals surface area contributed by atoms with Crippen LogP contribution in [0.15, 0.2) is 58.6 Å². The van der Waals surface area contributed by atoms with Crippen LogP contribution in [0.2, 0.25) is 0 Å². The number of thiocyanates is 2. The van der Waals surface area contributed by atoms with Crippen molar-refractivity contribution in [3.63, 3.8) is 0 Å². The van der Waals surface area contributed by atoms with Crippen LogP contribution in [0.3, 0.4) is 0 Å². The maximum Gasteiger partial charge on any atom is 0.138 e. The molecule has 0 amide bonds. The monoisotopic (exact) mass is 396 g/mol. The molecular weight excluding hydrogens is 388 g/mol. The van der Waals surface area contributed by atoms with Crippen LogP contribution >= 0.6 is 23.5 Å². The van der Waals surface area contributed by atoms with Gasteiger partial charge in [-0.05, 0) is 59.9 Å². The molecule has 130 valence electrons. The van der Waals surface area contributed by atoms with Crippen LogP contribution in [-0.2, 0) is 0 Å². The number of nitrogens with zero attached hydrogens (tertiary/aromatic N) is 6. The summed E-state index contributed by atoms with van der Waals surface area (Å²) in [7, 11) is 0. The van der Waals surface area contributed by atoms with Crippen LogP contribution in [0.4, 0.5) is 0 Å². The summed E-state index contributed by atoms with van der Waals surface area (Å²) in [6.07, 6.45) is 3.48. The zero-order valence-corrected chi connectivity index (χ0v) is 15.8. The largest absolute Gasteiger partial charge is 0.254 e. The Bertz CT molecular complexity index is 1390. The highest BCUT2D eigenvalue weighted by atomic mass is 32.2. The molecule has 0 saturated heterocycles. The van der Waals surface area contributed by atoms with Gasteiger partial charge in [0.05, 0.1) is 33.1 Å². The molecular formula is C20H8N6S2. The number of hydrogen-bond acceptors (Lipinski definition) is 8. The van der Waals surface area contributed by atoms with Gasteiger partial charge in [0.1, 0.15) is 10.8 Å². The Balaban J connectivity index is 1.97. The highest BCUT2D eigenvalue weighted by Gasteiger charge is 2.15. The smallest absolute Gasteiger partial charge is 0.138 e. The third-order valence-electron chi connectivity index (χ3n) is 4.39. The second kappa shape index (κ2) is 6.61. The number of pyridine rings is 2. The van der Waals surface area contributed by atoms with E-state index in [1.807, 2.05) is 36.4 Å². The summed E-state index contributed by atoms with van der Waals surface area (Å²) < 4.78 is 0. The molecule has 0 saturated carbocycles. The van der Waals surface area contributed by atoms with E-state index in [-0.39, 0.29) is 0 Å². The van der Waals surface area contributed by atoms with E-state index in [4.69, 9.17) is 20.5 Å². The SMILES string of the molecule is N#CSc1cc2nc3c4cccnc4c4ncccc4c3nc2cc1SC#N. The molecule has 0 radical (unpaired) electrons. The first-order valence-corrected chi connectivity index (χ1v) is 9.82. The van der Waals surface area contributed by atoms with Crippen molar-refractivity contribution in [1.82, 2.24) is 19.9 Å². The summed E-state index contributed by atoms with van der Waals surface area (Å²) in [4.78, 5) is 20.1. The maximum atomic E-state index is 9.09. The molecule has 3 heterocycles. The first kappa shape index (κ1) is 16.7. The van der Waals surface area contributed by atoms with Crippen molar-refractivity contribution in [2.24, 2.45) is 0 Å². The van der Waals surface area contributed by atoms with E-state index in [0.717, 1.165) is 56.4 Å². The molecule has 6 nitrogen and oxygen atoms in total. The molecule has 5 aromatic rings. The van der Waals surface area contributed by atoms with E-state index >= 15 is 0 Å². The minimum atomic E-state index is 0.668. The lowest BCUT2D eigenvalue weighted by Crippen LogP contribution is -1.94. The Morgan fingerprint density at radius 3 is 1.57 bits per heavy atom. The van der Waals surface area contributed by atoms with E-state index in [2.05, 4.69) is 20.8 Å². The second-order valence-electron chi connectivity index (χ2n) is 5.89. The average Bonchev–Trinajstić information content (AvgIpc) is 2.74. The van der Waals surface area contributed by atoms with Crippen LogP contribution in [-0.4, -0.2) is 19.9 Å². The lowest BCUT2D eigenvalue weighted by atomic mass is 10.1. The molecule has 0 fully saturated rings. The van der Waals surface area contributed by atoms with Gasteiger partial charge in [-0.3, -0.25) is 9.97 Å². The molecule has 28 heavy (non-hydrogen) atoms. The molecule has 0 spiro atoms. The number of nitriles is 2. The molecule has 0 aliphatic carbocycles. The van der Waals surface area contributed by atoms with Crippen molar-refractivity contribution in [3.8, 4) is 10.8 Å². The number of fused-ring (bicyclic) bond motifs is 7. The Hall–Kier alpha value is -3.46. The van der Waals surface area contributed by atoms with Gasteiger partial charge >= 0.3 is 0 Å². The van der Waals surface area contributed by atoms with Crippen LogP contribution in [0, 0.1) is 21.3 Å². The fourth-order valence-electron chi connectivity index (χ4n) is 3.27. The quantitative estimate of drug-likeness (QED) is 0.177. The molecule has 0 bridgehead atoms. The molecule has 3 aromatic heterocycles. The van der Waals surface area contributed by atoms with Crippen LogP contribution in [0.25, 0.3) is 43.9 Å². The summed E-state index contributed by atoms with van der Waals surface area (Å²) in [5.41, 5.74) is 4.38. The summed E-state index contributed by atoms with van der Waals surface area (Å²) >= 11 is 2.02. The van der Waals surface area contributed by atoms with Gasteiger partial charge < -0.3 is 0 Å².